The molecule has 0 radical (unpaired) electrons. The van der Waals surface area contributed by atoms with Crippen LogP contribution in [0.25, 0.3) is 0 Å². The smallest absolute Gasteiger partial charge is 0.247 e. The van der Waals surface area contributed by atoms with Crippen LogP contribution in [-0.4, -0.2) is 35.2 Å². The highest BCUT2D eigenvalue weighted by molar-refractivity contribution is 5.99. The second-order valence-corrected chi connectivity index (χ2v) is 6.45. The number of nitrogens with zero attached hydrogens (tertiary/aromatic N) is 1. The highest BCUT2D eigenvalue weighted by atomic mass is 19.1. The van der Waals surface area contributed by atoms with E-state index in [1.165, 1.54) is 6.92 Å². The zero-order valence-electron chi connectivity index (χ0n) is 13.8. The van der Waals surface area contributed by atoms with Gasteiger partial charge in [-0.3, -0.25) is 14.4 Å². The number of halogens is 2. The average Bonchev–Trinajstić information content (AvgIpc) is 3.27. The molecule has 1 aliphatic carbocycles. The van der Waals surface area contributed by atoms with Crippen molar-refractivity contribution in [3.8, 4) is 0 Å². The van der Waals surface area contributed by atoms with Crippen LogP contribution in [0.1, 0.15) is 32.6 Å². The molecule has 8 heteroatoms. The minimum absolute atomic E-state index is 0.00215. The molecule has 1 aromatic rings. The van der Waals surface area contributed by atoms with Gasteiger partial charge in [-0.05, 0) is 31.7 Å². The van der Waals surface area contributed by atoms with E-state index in [9.17, 15) is 23.2 Å². The third-order valence-electron chi connectivity index (χ3n) is 4.39. The number of rotatable bonds is 4. The Kier molecular flexibility index (Phi) is 4.69. The third-order valence-corrected chi connectivity index (χ3v) is 4.39. The van der Waals surface area contributed by atoms with Gasteiger partial charge < -0.3 is 15.5 Å². The van der Waals surface area contributed by atoms with Crippen LogP contribution in [0.4, 0.5) is 20.2 Å². The van der Waals surface area contributed by atoms with E-state index in [1.54, 1.807) is 4.90 Å². The SMILES string of the molecule is CC(=O)Nc1cc(NC(=O)C2CCCN2C(=O)C2CC2)c(F)cc1F. The summed E-state index contributed by atoms with van der Waals surface area (Å²) >= 11 is 0. The lowest BCUT2D eigenvalue weighted by Crippen LogP contribution is -2.43. The number of nitrogens with one attached hydrogen (secondary N) is 2. The van der Waals surface area contributed by atoms with Crippen molar-refractivity contribution in [3.05, 3.63) is 23.8 Å². The molecule has 25 heavy (non-hydrogen) atoms. The van der Waals surface area contributed by atoms with E-state index in [1.807, 2.05) is 0 Å². The quantitative estimate of drug-likeness (QED) is 0.873. The van der Waals surface area contributed by atoms with Crippen molar-refractivity contribution in [2.24, 2.45) is 5.92 Å². The summed E-state index contributed by atoms with van der Waals surface area (Å²) in [5.41, 5.74) is -0.456. The summed E-state index contributed by atoms with van der Waals surface area (Å²) < 4.78 is 27.6. The van der Waals surface area contributed by atoms with Crippen LogP contribution in [0.5, 0.6) is 0 Å². The minimum Gasteiger partial charge on any atom is -0.330 e. The minimum atomic E-state index is -0.946. The highest BCUT2D eigenvalue weighted by Gasteiger charge is 2.41. The summed E-state index contributed by atoms with van der Waals surface area (Å²) in [7, 11) is 0. The van der Waals surface area contributed by atoms with Crippen LogP contribution in [-0.2, 0) is 14.4 Å². The largest absolute Gasteiger partial charge is 0.330 e. The number of hydrogen-bond donors (Lipinski definition) is 2. The lowest BCUT2D eigenvalue weighted by atomic mass is 10.1. The van der Waals surface area contributed by atoms with Crippen LogP contribution >= 0.6 is 0 Å². The fraction of sp³-hybridized carbons (Fsp3) is 0.471. The molecule has 3 rings (SSSR count). The average molecular weight is 351 g/mol. The standard InChI is InChI=1S/C17H19F2N3O3/c1-9(23)20-13-8-14(12(19)7-11(13)18)21-16(24)15-3-2-6-22(15)17(25)10-4-5-10/h7-8,10,15H,2-6H2,1H3,(H,20,23)(H,21,24). The molecule has 1 atom stereocenters. The lowest BCUT2D eigenvalue weighted by Gasteiger charge is -2.24. The van der Waals surface area contributed by atoms with E-state index in [0.717, 1.165) is 18.9 Å². The third kappa shape index (κ3) is 3.78. The number of carbonyl (C=O) groups is 3. The van der Waals surface area contributed by atoms with Gasteiger partial charge in [0.15, 0.2) is 0 Å². The Morgan fingerprint density at radius 3 is 2.28 bits per heavy atom. The molecule has 0 bridgehead atoms. The molecule has 2 aliphatic rings. The van der Waals surface area contributed by atoms with E-state index < -0.39 is 29.5 Å². The summed E-state index contributed by atoms with van der Waals surface area (Å²) in [5, 5.41) is 4.65. The highest BCUT2D eigenvalue weighted by Crippen LogP contribution is 2.34. The number of amides is 3. The Hall–Kier alpha value is -2.51. The van der Waals surface area contributed by atoms with Gasteiger partial charge in [0.05, 0.1) is 11.4 Å². The van der Waals surface area contributed by atoms with Crippen molar-refractivity contribution < 1.29 is 23.2 Å². The molecule has 0 spiro atoms. The van der Waals surface area contributed by atoms with Gasteiger partial charge in [0.2, 0.25) is 17.7 Å². The molecule has 1 unspecified atom stereocenters. The summed E-state index contributed by atoms with van der Waals surface area (Å²) in [6, 6.07) is 0.982. The van der Waals surface area contributed by atoms with Crippen LogP contribution in [0.15, 0.2) is 12.1 Å². The maximum absolute atomic E-state index is 14.0. The van der Waals surface area contributed by atoms with Crippen molar-refractivity contribution in [1.82, 2.24) is 4.90 Å². The number of anilines is 2. The van der Waals surface area contributed by atoms with Crippen molar-refractivity contribution >= 4 is 29.1 Å². The van der Waals surface area contributed by atoms with Crippen LogP contribution in [0.3, 0.4) is 0 Å². The molecule has 1 saturated carbocycles. The number of hydrogen-bond acceptors (Lipinski definition) is 3. The second-order valence-electron chi connectivity index (χ2n) is 6.45. The molecule has 0 aromatic heterocycles. The van der Waals surface area contributed by atoms with E-state index in [0.29, 0.717) is 25.5 Å². The van der Waals surface area contributed by atoms with Gasteiger partial charge in [-0.15, -0.1) is 0 Å². The molecule has 2 fully saturated rings. The van der Waals surface area contributed by atoms with Crippen molar-refractivity contribution in [3.63, 3.8) is 0 Å². The van der Waals surface area contributed by atoms with Crippen molar-refractivity contribution in [2.45, 2.75) is 38.6 Å². The Labute approximate surface area is 143 Å². The Balaban J connectivity index is 1.75. The zero-order valence-corrected chi connectivity index (χ0v) is 13.8. The van der Waals surface area contributed by atoms with Gasteiger partial charge in [-0.25, -0.2) is 8.78 Å². The van der Waals surface area contributed by atoms with Crippen LogP contribution in [0, 0.1) is 17.6 Å². The van der Waals surface area contributed by atoms with E-state index in [4.69, 9.17) is 0 Å². The summed E-state index contributed by atoms with van der Waals surface area (Å²) in [5.74, 6) is -2.93. The van der Waals surface area contributed by atoms with E-state index >= 15 is 0 Å². The summed E-state index contributed by atoms with van der Waals surface area (Å²) in [6.07, 6.45) is 2.90. The number of benzene rings is 1. The molecule has 1 aliphatic heterocycles. The van der Waals surface area contributed by atoms with E-state index in [2.05, 4.69) is 10.6 Å². The fourth-order valence-corrected chi connectivity index (χ4v) is 3.01. The predicted octanol–water partition coefficient (Wildman–Crippen LogP) is 2.26. The van der Waals surface area contributed by atoms with Gasteiger partial charge in [0.25, 0.3) is 0 Å². The van der Waals surface area contributed by atoms with E-state index in [-0.39, 0.29) is 23.2 Å². The first-order valence-corrected chi connectivity index (χ1v) is 8.25. The molecule has 1 saturated heterocycles. The van der Waals surface area contributed by atoms with Crippen molar-refractivity contribution in [2.75, 3.05) is 17.2 Å². The fourth-order valence-electron chi connectivity index (χ4n) is 3.01. The Bertz CT molecular complexity index is 734. The van der Waals surface area contributed by atoms with Crippen LogP contribution in [0.2, 0.25) is 0 Å². The first-order chi connectivity index (χ1) is 11.9. The van der Waals surface area contributed by atoms with Gasteiger partial charge in [-0.1, -0.05) is 0 Å². The molecule has 3 amide bonds. The molecular weight excluding hydrogens is 332 g/mol. The summed E-state index contributed by atoms with van der Waals surface area (Å²) in [6.45, 7) is 1.71. The lowest BCUT2D eigenvalue weighted by molar-refractivity contribution is -0.137. The zero-order chi connectivity index (χ0) is 18.1. The maximum Gasteiger partial charge on any atom is 0.247 e. The van der Waals surface area contributed by atoms with Gasteiger partial charge in [-0.2, -0.15) is 0 Å². The summed E-state index contributed by atoms with van der Waals surface area (Å²) in [4.78, 5) is 37.3. The monoisotopic (exact) mass is 351 g/mol. The topological polar surface area (TPSA) is 78.5 Å². The molecule has 134 valence electrons. The number of carbonyl (C=O) groups excluding carboxylic acids is 3. The molecule has 1 heterocycles. The van der Waals surface area contributed by atoms with Gasteiger partial charge in [0.1, 0.15) is 17.7 Å². The molecule has 6 nitrogen and oxygen atoms in total. The first kappa shape index (κ1) is 17.3. The predicted molar refractivity (Wildman–Crippen MR) is 86.8 cm³/mol. The number of likely N-dealkylation sites (tertiary alicyclic amines) is 1. The van der Waals surface area contributed by atoms with Crippen molar-refractivity contribution in [1.29, 1.82) is 0 Å². The maximum atomic E-state index is 14.0. The molecular formula is C17H19F2N3O3. The van der Waals surface area contributed by atoms with Gasteiger partial charge >= 0.3 is 0 Å². The van der Waals surface area contributed by atoms with Gasteiger partial charge in [0, 0.05) is 25.5 Å². The Morgan fingerprint density at radius 2 is 1.68 bits per heavy atom. The normalized spacial score (nSPS) is 19.6. The Morgan fingerprint density at radius 1 is 1.04 bits per heavy atom. The second kappa shape index (κ2) is 6.78. The van der Waals surface area contributed by atoms with Crippen LogP contribution < -0.4 is 10.6 Å². The molecule has 2 N–H and O–H groups in total. The first-order valence-electron chi connectivity index (χ1n) is 8.25. The molecule has 1 aromatic carbocycles.